The number of nitrogens with one attached hydrogen (secondary N) is 1. The second-order valence-electron chi connectivity index (χ2n) is 7.01. The Morgan fingerprint density at radius 1 is 1.00 bits per heavy atom. The summed E-state index contributed by atoms with van der Waals surface area (Å²) in [6, 6.07) is 14.5. The number of guanidine groups is 1. The minimum absolute atomic E-state index is 0.622. The van der Waals surface area contributed by atoms with E-state index in [1.165, 1.54) is 11.1 Å². The molecule has 0 aliphatic carbocycles. The van der Waals surface area contributed by atoms with Crippen LogP contribution in [0.4, 0.5) is 0 Å². The molecule has 0 saturated heterocycles. The van der Waals surface area contributed by atoms with E-state index in [1.54, 1.807) is 21.3 Å². The Labute approximate surface area is 179 Å². The summed E-state index contributed by atoms with van der Waals surface area (Å²) in [5, 5.41) is 3.48. The average Bonchev–Trinajstić information content (AvgIpc) is 2.82. The molecule has 2 aromatic rings. The predicted octanol–water partition coefficient (Wildman–Crippen LogP) is 3.62. The molecule has 0 bridgehead atoms. The molecule has 0 fully saturated rings. The molecule has 0 atom stereocenters. The molecule has 1 aliphatic heterocycles. The lowest BCUT2D eigenvalue weighted by Crippen LogP contribution is -2.44. The number of hydrogen-bond donors (Lipinski definition) is 1. The van der Waals surface area contributed by atoms with Gasteiger partial charge in [0.15, 0.2) is 17.5 Å². The van der Waals surface area contributed by atoms with E-state index in [0.29, 0.717) is 17.2 Å². The van der Waals surface area contributed by atoms with Crippen molar-refractivity contribution in [3.05, 3.63) is 59.7 Å². The van der Waals surface area contributed by atoms with Crippen LogP contribution in [0.2, 0.25) is 0 Å². The second-order valence-corrected chi connectivity index (χ2v) is 7.01. The van der Waals surface area contributed by atoms with Gasteiger partial charge in [-0.25, -0.2) is 0 Å². The average molecular weight is 410 g/mol. The maximum atomic E-state index is 5.58. The van der Waals surface area contributed by atoms with Crippen LogP contribution >= 0.6 is 0 Å². The number of aliphatic imine (C=N–C) groups is 1. The summed E-state index contributed by atoms with van der Waals surface area (Å²) in [4.78, 5) is 6.75. The molecule has 160 valence electrons. The van der Waals surface area contributed by atoms with Crippen LogP contribution in [0.1, 0.15) is 17.5 Å². The van der Waals surface area contributed by atoms with E-state index in [2.05, 4.69) is 51.6 Å². The van der Waals surface area contributed by atoms with Crippen LogP contribution in [-0.4, -0.2) is 58.9 Å². The van der Waals surface area contributed by atoms with Crippen LogP contribution in [0, 0.1) is 0 Å². The van der Waals surface area contributed by atoms with Crippen molar-refractivity contribution in [1.82, 2.24) is 10.2 Å². The number of methoxy groups -OCH3 is 3. The first kappa shape index (κ1) is 21.6. The van der Waals surface area contributed by atoms with Crippen LogP contribution in [0.5, 0.6) is 17.2 Å². The molecule has 0 amide bonds. The molecule has 0 radical (unpaired) electrons. The molecule has 0 saturated carbocycles. The Hall–Kier alpha value is -3.15. The topological polar surface area (TPSA) is 55.3 Å². The second kappa shape index (κ2) is 10.6. The summed E-state index contributed by atoms with van der Waals surface area (Å²) in [6.45, 7) is 2.54. The predicted molar refractivity (Wildman–Crippen MR) is 122 cm³/mol. The molecule has 0 unspecified atom stereocenters. The van der Waals surface area contributed by atoms with Crippen molar-refractivity contribution in [2.75, 3.05) is 48.0 Å². The van der Waals surface area contributed by atoms with Crippen molar-refractivity contribution in [2.45, 2.75) is 12.8 Å². The Kier molecular flexibility index (Phi) is 7.60. The molecular formula is C24H31N3O3. The first-order valence-corrected chi connectivity index (χ1v) is 10.2. The summed E-state index contributed by atoms with van der Waals surface area (Å²) in [7, 11) is 6.73. The van der Waals surface area contributed by atoms with E-state index in [0.717, 1.165) is 44.0 Å². The molecule has 6 heteroatoms. The third kappa shape index (κ3) is 4.87. The molecule has 6 nitrogen and oxygen atoms in total. The maximum absolute atomic E-state index is 5.58. The molecule has 2 aromatic carbocycles. The standard InChI is InChI=1S/C24H31N3O3/c1-25-24(27-16-13-19(14-17-27)18-8-6-5-7-9-18)26-15-12-20-10-11-21(28-2)23(30-4)22(20)29-3/h5-11,13H,12,14-17H2,1-4H3,(H,25,26). The van der Waals surface area contributed by atoms with Crippen LogP contribution in [0.3, 0.4) is 0 Å². The maximum Gasteiger partial charge on any atom is 0.203 e. The van der Waals surface area contributed by atoms with Crippen LogP contribution in [-0.2, 0) is 6.42 Å². The van der Waals surface area contributed by atoms with Gasteiger partial charge in [0.05, 0.1) is 21.3 Å². The van der Waals surface area contributed by atoms with Crippen molar-refractivity contribution < 1.29 is 14.2 Å². The number of nitrogens with zero attached hydrogens (tertiary/aromatic N) is 2. The number of ether oxygens (including phenoxy) is 3. The fourth-order valence-electron chi connectivity index (χ4n) is 3.78. The summed E-state index contributed by atoms with van der Waals surface area (Å²) in [5.41, 5.74) is 3.76. The third-order valence-electron chi connectivity index (χ3n) is 5.33. The Balaban J connectivity index is 1.60. The van der Waals surface area contributed by atoms with Crippen molar-refractivity contribution >= 4 is 11.5 Å². The van der Waals surface area contributed by atoms with Crippen molar-refractivity contribution in [1.29, 1.82) is 0 Å². The van der Waals surface area contributed by atoms with Gasteiger partial charge in [-0.2, -0.15) is 0 Å². The van der Waals surface area contributed by atoms with Gasteiger partial charge in [-0.1, -0.05) is 42.5 Å². The minimum atomic E-state index is 0.622. The van der Waals surface area contributed by atoms with Gasteiger partial charge in [-0.15, -0.1) is 0 Å². The molecule has 3 rings (SSSR count). The van der Waals surface area contributed by atoms with E-state index in [4.69, 9.17) is 14.2 Å². The van der Waals surface area contributed by atoms with Gasteiger partial charge in [0.25, 0.3) is 0 Å². The molecule has 1 aliphatic rings. The molecule has 30 heavy (non-hydrogen) atoms. The van der Waals surface area contributed by atoms with E-state index < -0.39 is 0 Å². The lowest BCUT2D eigenvalue weighted by atomic mass is 10.00. The molecular weight excluding hydrogens is 378 g/mol. The minimum Gasteiger partial charge on any atom is -0.493 e. The van der Waals surface area contributed by atoms with Crippen molar-refractivity contribution in [3.8, 4) is 17.2 Å². The lowest BCUT2D eigenvalue weighted by Gasteiger charge is -2.30. The zero-order valence-electron chi connectivity index (χ0n) is 18.3. The number of rotatable bonds is 7. The summed E-state index contributed by atoms with van der Waals surface area (Å²) < 4.78 is 16.4. The highest BCUT2D eigenvalue weighted by atomic mass is 16.5. The highest BCUT2D eigenvalue weighted by molar-refractivity contribution is 5.81. The molecule has 0 spiro atoms. The Morgan fingerprint density at radius 2 is 1.77 bits per heavy atom. The van der Waals surface area contributed by atoms with E-state index in [1.807, 2.05) is 19.2 Å². The van der Waals surface area contributed by atoms with Crippen LogP contribution < -0.4 is 19.5 Å². The normalized spacial score (nSPS) is 14.2. The first-order valence-electron chi connectivity index (χ1n) is 10.2. The number of hydrogen-bond acceptors (Lipinski definition) is 4. The Morgan fingerprint density at radius 3 is 2.37 bits per heavy atom. The highest BCUT2D eigenvalue weighted by Crippen LogP contribution is 2.39. The van der Waals surface area contributed by atoms with Gasteiger partial charge < -0.3 is 24.4 Å². The summed E-state index contributed by atoms with van der Waals surface area (Å²) >= 11 is 0. The Bertz CT molecular complexity index is 894. The van der Waals surface area contributed by atoms with Gasteiger partial charge in [0, 0.05) is 32.2 Å². The van der Waals surface area contributed by atoms with Crippen molar-refractivity contribution in [3.63, 3.8) is 0 Å². The fraction of sp³-hybridized carbons (Fsp3) is 0.375. The molecule has 0 aromatic heterocycles. The van der Waals surface area contributed by atoms with E-state index >= 15 is 0 Å². The zero-order chi connectivity index (χ0) is 21.3. The van der Waals surface area contributed by atoms with Gasteiger partial charge in [-0.3, -0.25) is 4.99 Å². The molecule has 1 heterocycles. The summed E-state index contributed by atoms with van der Waals surface area (Å²) in [6.07, 6.45) is 4.08. The SMILES string of the molecule is CN=C(NCCc1ccc(OC)c(OC)c1OC)N1CC=C(c2ccccc2)CC1. The van der Waals surface area contributed by atoms with Crippen LogP contribution in [0.15, 0.2) is 53.5 Å². The fourth-order valence-corrected chi connectivity index (χ4v) is 3.78. The quantitative estimate of drug-likeness (QED) is 0.559. The number of benzene rings is 2. The smallest absolute Gasteiger partial charge is 0.203 e. The largest absolute Gasteiger partial charge is 0.493 e. The van der Waals surface area contributed by atoms with Gasteiger partial charge in [-0.05, 0) is 30.0 Å². The van der Waals surface area contributed by atoms with Crippen molar-refractivity contribution in [2.24, 2.45) is 4.99 Å². The molecule has 1 N–H and O–H groups in total. The van der Waals surface area contributed by atoms with Gasteiger partial charge in [0.1, 0.15) is 0 Å². The third-order valence-corrected chi connectivity index (χ3v) is 5.33. The first-order chi connectivity index (χ1) is 14.7. The zero-order valence-corrected chi connectivity index (χ0v) is 18.3. The lowest BCUT2D eigenvalue weighted by molar-refractivity contribution is 0.322. The van der Waals surface area contributed by atoms with Crippen LogP contribution in [0.25, 0.3) is 5.57 Å². The highest BCUT2D eigenvalue weighted by Gasteiger charge is 2.18. The summed E-state index contributed by atoms with van der Waals surface area (Å²) in [5.74, 6) is 2.91. The van der Waals surface area contributed by atoms with Gasteiger partial charge in [0.2, 0.25) is 5.75 Å². The van der Waals surface area contributed by atoms with E-state index in [9.17, 15) is 0 Å². The monoisotopic (exact) mass is 409 g/mol. The van der Waals surface area contributed by atoms with Gasteiger partial charge >= 0.3 is 0 Å². The van der Waals surface area contributed by atoms with E-state index in [-0.39, 0.29) is 0 Å².